The van der Waals surface area contributed by atoms with Gasteiger partial charge in [-0.1, -0.05) is 388 Å². The third-order valence-electron chi connectivity index (χ3n) is 26.7. The Hall–Kier alpha value is -3.29. The lowest BCUT2D eigenvalue weighted by Gasteiger charge is -2.47. The Morgan fingerprint density at radius 2 is 0.709 bits per heavy atom. The molecule has 3 saturated heterocycles. The van der Waals surface area contributed by atoms with Gasteiger partial charge in [-0.25, -0.2) is 13.7 Å². The molecule has 21 atom stereocenters. The van der Waals surface area contributed by atoms with Crippen LogP contribution in [0.5, 0.6) is 0 Å². The highest BCUT2D eigenvalue weighted by Crippen LogP contribution is 2.61. The van der Waals surface area contributed by atoms with Crippen LogP contribution < -0.4 is 22.1 Å². The minimum Gasteiger partial charge on any atom is -0.462 e. The maximum absolute atomic E-state index is 15.6. The molecular formula is C103H197N4O31P3. The first-order chi connectivity index (χ1) is 67.9. The molecule has 3 rings (SSSR count). The van der Waals surface area contributed by atoms with Crippen molar-refractivity contribution < 1.29 is 148 Å². The highest BCUT2D eigenvalue weighted by atomic mass is 31.3. The van der Waals surface area contributed by atoms with Crippen molar-refractivity contribution in [3.8, 4) is 0 Å². The Labute approximate surface area is 846 Å². The Balaban J connectivity index is 2.41. The number of aliphatic hydroxyl groups is 6. The average molecular weight is 2080 g/mol. The van der Waals surface area contributed by atoms with E-state index in [1.54, 1.807) is 0 Å². The maximum atomic E-state index is 15.6. The SMILES string of the molecule is CCCCCCCCCCCCCC(=O)O[C@@H](CCCCCCCCCCC)CC(=O)NC1C(OCC2OC(OP(=O)(O)OP(=O)(O)OCCN)C(NC(=O)C[C@@H](O)CCCCCCCCCCC)C(OC(=O)C[C@@H](O)CCCCCCCCCCC)C2O)OC(CO)C(OP(=O)(O)OC2OC[C@H](N)[C@H](O)C2O)C1OC(=O)C[C@H](CCCCCCCCCCC)OC(=O)CCCCCCCCCCCCC. The predicted octanol–water partition coefficient (Wildman–Crippen LogP) is 19.9. The quantitative estimate of drug-likeness (QED) is 0.0116. The molecule has 38 heteroatoms. The summed E-state index contributed by atoms with van der Waals surface area (Å²) in [6.45, 7) is 8.96. The number of carbonyl (C=O) groups is 6. The predicted molar refractivity (Wildman–Crippen MR) is 542 cm³/mol. The van der Waals surface area contributed by atoms with Crippen LogP contribution >= 0.6 is 23.5 Å². The number of nitrogens with one attached hydrogen (secondary N) is 2. The van der Waals surface area contributed by atoms with Gasteiger partial charge in [-0.05, 0) is 51.4 Å². The average Bonchev–Trinajstić information content (AvgIpc) is 0.856. The van der Waals surface area contributed by atoms with E-state index in [4.69, 9.17) is 71.8 Å². The van der Waals surface area contributed by atoms with E-state index in [0.717, 1.165) is 283 Å². The number of phosphoric ester groups is 3. The molecule has 0 aromatic rings. The highest BCUT2D eigenvalue weighted by Gasteiger charge is 2.57. The van der Waals surface area contributed by atoms with Crippen LogP contribution in [0.4, 0.5) is 0 Å². The second kappa shape index (κ2) is 82.5. The normalized spacial score (nSPS) is 23.2. The van der Waals surface area contributed by atoms with Gasteiger partial charge >= 0.3 is 47.3 Å². The van der Waals surface area contributed by atoms with Crippen LogP contribution in [0.15, 0.2) is 0 Å². The van der Waals surface area contributed by atoms with E-state index in [0.29, 0.717) is 51.4 Å². The monoisotopic (exact) mass is 2080 g/mol. The Morgan fingerprint density at radius 3 is 1.11 bits per heavy atom. The van der Waals surface area contributed by atoms with Crippen molar-refractivity contribution in [2.45, 2.75) is 588 Å². The van der Waals surface area contributed by atoms with Gasteiger partial charge in [-0.15, -0.1) is 0 Å². The number of ether oxygens (including phenoxy) is 8. The summed E-state index contributed by atoms with van der Waals surface area (Å²) in [6, 6.07) is -5.44. The molecule has 15 unspecified atom stereocenters. The third kappa shape index (κ3) is 64.1. The molecule has 0 aromatic carbocycles. The largest absolute Gasteiger partial charge is 0.483 e. The molecule has 141 heavy (non-hydrogen) atoms. The number of nitrogens with two attached hydrogens (primary N) is 2. The summed E-state index contributed by atoms with van der Waals surface area (Å²) in [5, 5.41) is 74.8. The number of unbranched alkanes of at least 4 members (excludes halogenated alkanes) is 52. The highest BCUT2D eigenvalue weighted by molar-refractivity contribution is 7.61. The minimum atomic E-state index is -6.10. The minimum absolute atomic E-state index is 0.0173. The molecule has 0 spiro atoms. The Kier molecular flexibility index (Phi) is 77.1. The molecule has 0 aliphatic carbocycles. The van der Waals surface area contributed by atoms with Crippen molar-refractivity contribution in [3.05, 3.63) is 0 Å². The zero-order valence-corrected chi connectivity index (χ0v) is 90.2. The lowest BCUT2D eigenvalue weighted by molar-refractivity contribution is -0.297. The number of esters is 4. The fourth-order valence-corrected chi connectivity index (χ4v) is 21.6. The maximum Gasteiger partial charge on any atom is 0.483 e. The number of phosphoric acid groups is 3. The van der Waals surface area contributed by atoms with Crippen LogP contribution in [0.25, 0.3) is 0 Å². The van der Waals surface area contributed by atoms with Gasteiger partial charge in [0.1, 0.15) is 60.9 Å². The van der Waals surface area contributed by atoms with Gasteiger partial charge in [0.05, 0.1) is 70.4 Å². The van der Waals surface area contributed by atoms with Gasteiger partial charge < -0.3 is 105 Å². The molecule has 0 aromatic heterocycles. The molecule has 0 radical (unpaired) electrons. The van der Waals surface area contributed by atoms with Crippen LogP contribution in [0.1, 0.15) is 478 Å². The summed E-state index contributed by atoms with van der Waals surface area (Å²) in [6.07, 6.45) is 25.4. The van der Waals surface area contributed by atoms with E-state index >= 15 is 9.59 Å². The fraction of sp³-hybridized carbons (Fsp3) is 0.942. The van der Waals surface area contributed by atoms with Gasteiger partial charge in [0.25, 0.3) is 0 Å². The van der Waals surface area contributed by atoms with Gasteiger partial charge in [-0.2, -0.15) is 4.31 Å². The van der Waals surface area contributed by atoms with Crippen LogP contribution in [0.3, 0.4) is 0 Å². The second-order valence-corrected chi connectivity index (χ2v) is 44.2. The summed E-state index contributed by atoms with van der Waals surface area (Å²) in [7, 11) is -17.6. The van der Waals surface area contributed by atoms with Crippen molar-refractivity contribution in [1.29, 1.82) is 0 Å². The summed E-state index contributed by atoms with van der Waals surface area (Å²) >= 11 is 0. The number of aliphatic hydroxyl groups excluding tert-OH is 6. The smallest absolute Gasteiger partial charge is 0.462 e. The molecular weight excluding hydrogens is 1880 g/mol. The van der Waals surface area contributed by atoms with Crippen molar-refractivity contribution in [2.75, 3.05) is 33.0 Å². The second-order valence-electron chi connectivity index (χ2n) is 39.8. The summed E-state index contributed by atoms with van der Waals surface area (Å²) < 4.78 is 119. The van der Waals surface area contributed by atoms with Crippen molar-refractivity contribution in [3.63, 3.8) is 0 Å². The van der Waals surface area contributed by atoms with Crippen LogP contribution in [-0.4, -0.2) is 224 Å². The molecule has 15 N–H and O–H groups in total. The van der Waals surface area contributed by atoms with E-state index in [1.165, 1.54) is 38.5 Å². The van der Waals surface area contributed by atoms with E-state index in [9.17, 15) is 78.2 Å². The third-order valence-corrected chi connectivity index (χ3v) is 30.3. The molecule has 830 valence electrons. The zero-order chi connectivity index (χ0) is 104. The molecule has 2 amide bonds. The Bertz CT molecular complexity index is 3310. The molecule has 0 saturated carbocycles. The standard InChI is InChI=1S/C103H197N4O31P3/c1-7-13-19-25-31-37-39-45-51-57-63-69-89(113)129-82(67-61-55-49-43-35-29-23-17-11-5)75-88(112)107-94-100(134-92(116)76-83(68-62-56-50-44-36-30-24-18-12-6)130-90(114)70-64-58-52-46-40-38-32-26-20-14-8-2)98(135-140(122,123)137-103-97(119)95(117)84(105)78-126-103)85(77-108)131-101(94)127-79-86-96(118)99(133-91(115)74-81(110)66-60-54-48-42-34-28-22-16-10-4)93(102(132-86)136-141(124,125)138-139(120,121)128-72-71-104)106-87(111)73-80(109)65-59-53-47-41-33-27-21-15-9-3/h80-86,93-103,108-110,117-119H,7-79,104-105H2,1-6H3,(H,106,111)(H,107,112)(H,120,121)(H,122,123)(H,124,125)/t80-,81-,82-,83-,84-,85?,86?,93?,94?,95-,96?,97?,98?,99?,100?,101?,102?,103?/m0/s1. The van der Waals surface area contributed by atoms with Crippen molar-refractivity contribution >= 4 is 59.2 Å². The van der Waals surface area contributed by atoms with Gasteiger partial charge in [0.2, 0.25) is 11.8 Å². The van der Waals surface area contributed by atoms with E-state index in [2.05, 4.69) is 52.2 Å². The lowest BCUT2D eigenvalue weighted by Crippen LogP contribution is -2.68. The van der Waals surface area contributed by atoms with E-state index < -0.39 is 222 Å². The molecule has 3 aliphatic rings. The van der Waals surface area contributed by atoms with Crippen molar-refractivity contribution in [2.24, 2.45) is 11.5 Å². The Morgan fingerprint density at radius 1 is 0.369 bits per heavy atom. The molecule has 3 fully saturated rings. The first kappa shape index (κ1) is 132. The number of carbonyl (C=O) groups excluding carboxylic acids is 6. The van der Waals surface area contributed by atoms with E-state index in [-0.39, 0.29) is 45.1 Å². The van der Waals surface area contributed by atoms with Crippen LogP contribution in [0.2, 0.25) is 0 Å². The fourth-order valence-electron chi connectivity index (χ4n) is 18.3. The summed E-state index contributed by atoms with van der Waals surface area (Å²) in [5.74, 6) is -5.54. The number of amides is 2. The van der Waals surface area contributed by atoms with Gasteiger partial charge in [0.15, 0.2) is 31.1 Å². The molecule has 0 bridgehead atoms. The number of hydrogen-bond donors (Lipinski definition) is 13. The first-order valence-electron chi connectivity index (χ1n) is 55.7. The van der Waals surface area contributed by atoms with Gasteiger partial charge in [-0.3, -0.25) is 46.9 Å². The van der Waals surface area contributed by atoms with Crippen LogP contribution in [0, 0.1) is 0 Å². The molecule has 3 aliphatic heterocycles. The number of hydrogen-bond acceptors (Lipinski definition) is 30. The van der Waals surface area contributed by atoms with Crippen LogP contribution in [-0.2, 0) is 103 Å². The van der Waals surface area contributed by atoms with Crippen molar-refractivity contribution in [1.82, 2.24) is 10.6 Å². The van der Waals surface area contributed by atoms with E-state index in [1.807, 2.05) is 0 Å². The molecule has 35 nitrogen and oxygen atoms in total. The summed E-state index contributed by atoms with van der Waals surface area (Å²) in [5.41, 5.74) is 11.5. The first-order valence-corrected chi connectivity index (χ1v) is 60.1. The van der Waals surface area contributed by atoms with Gasteiger partial charge in [0, 0.05) is 19.4 Å². The topological polar surface area (TPSA) is 532 Å². The number of rotatable bonds is 93. The lowest BCUT2D eigenvalue weighted by atomic mass is 9.95. The zero-order valence-electron chi connectivity index (χ0n) is 87.5. The summed E-state index contributed by atoms with van der Waals surface area (Å²) in [4.78, 5) is 123. The molecule has 3 heterocycles.